The van der Waals surface area contributed by atoms with E-state index in [9.17, 15) is 0 Å². The number of nitrogens with one attached hydrogen (secondary N) is 1. The zero-order chi connectivity index (χ0) is 12.8. The van der Waals surface area contributed by atoms with E-state index >= 15 is 0 Å². The van der Waals surface area contributed by atoms with Crippen LogP contribution in [0.2, 0.25) is 0 Å². The molecular weight excluding hydrogens is 232 g/mol. The lowest BCUT2D eigenvalue weighted by Crippen LogP contribution is -2.54. The van der Waals surface area contributed by atoms with Crippen LogP contribution in [0.25, 0.3) is 0 Å². The van der Waals surface area contributed by atoms with Gasteiger partial charge >= 0.3 is 0 Å². The average molecular weight is 256 g/mol. The molecule has 0 atom stereocenters. The van der Waals surface area contributed by atoms with Crippen LogP contribution in [-0.4, -0.2) is 6.04 Å². The predicted molar refractivity (Wildman–Crippen MR) is 78.5 cm³/mol. The molecule has 4 bridgehead atoms. The Balaban J connectivity index is 1.43. The van der Waals surface area contributed by atoms with Crippen LogP contribution in [0.1, 0.15) is 37.7 Å². The first-order valence-corrected chi connectivity index (χ1v) is 7.85. The van der Waals surface area contributed by atoms with Gasteiger partial charge < -0.3 is 11.1 Å². The van der Waals surface area contributed by atoms with Crippen molar-refractivity contribution in [3.05, 3.63) is 29.8 Å². The lowest BCUT2D eigenvalue weighted by atomic mass is 9.54. The summed E-state index contributed by atoms with van der Waals surface area (Å²) in [7, 11) is 0. The van der Waals surface area contributed by atoms with E-state index in [0.29, 0.717) is 0 Å². The van der Waals surface area contributed by atoms with E-state index in [4.69, 9.17) is 5.73 Å². The van der Waals surface area contributed by atoms with Crippen molar-refractivity contribution in [3.63, 3.8) is 0 Å². The highest BCUT2D eigenvalue weighted by atomic mass is 14.9. The van der Waals surface area contributed by atoms with Gasteiger partial charge in [-0.2, -0.15) is 0 Å². The van der Waals surface area contributed by atoms with Gasteiger partial charge in [0.2, 0.25) is 0 Å². The van der Waals surface area contributed by atoms with Crippen molar-refractivity contribution in [3.8, 4) is 0 Å². The summed E-state index contributed by atoms with van der Waals surface area (Å²) in [5.41, 5.74) is 8.06. The summed E-state index contributed by atoms with van der Waals surface area (Å²) in [5.74, 6) is 4.04. The smallest absolute Gasteiger partial charge is 0.0317 e. The molecule has 19 heavy (non-hydrogen) atoms. The normalized spacial score (nSPS) is 39.7. The second-order valence-corrected chi connectivity index (χ2v) is 7.08. The Labute approximate surface area is 115 Å². The molecule has 4 aliphatic rings. The van der Waals surface area contributed by atoms with Crippen LogP contribution < -0.4 is 11.1 Å². The highest BCUT2D eigenvalue weighted by Gasteiger charge is 2.47. The molecule has 102 valence electrons. The van der Waals surface area contributed by atoms with Gasteiger partial charge in [-0.25, -0.2) is 0 Å². The Morgan fingerprint density at radius 3 is 2.32 bits per heavy atom. The van der Waals surface area contributed by atoms with Crippen LogP contribution >= 0.6 is 0 Å². The first-order chi connectivity index (χ1) is 9.28. The fourth-order valence-electron chi connectivity index (χ4n) is 5.20. The Hall–Kier alpha value is -1.02. The van der Waals surface area contributed by atoms with Crippen molar-refractivity contribution in [2.45, 2.75) is 44.7 Å². The van der Waals surface area contributed by atoms with Crippen molar-refractivity contribution >= 4 is 5.69 Å². The SMILES string of the molecule is Nc1cccc(CNC2C3CC4CC(C3)CC2C4)c1. The second kappa shape index (κ2) is 4.52. The summed E-state index contributed by atoms with van der Waals surface area (Å²) in [5, 5.41) is 3.85. The topological polar surface area (TPSA) is 38.0 Å². The van der Waals surface area contributed by atoms with Gasteiger partial charge in [-0.15, -0.1) is 0 Å². The van der Waals surface area contributed by atoms with E-state index < -0.39 is 0 Å². The minimum Gasteiger partial charge on any atom is -0.399 e. The van der Waals surface area contributed by atoms with Gasteiger partial charge in [-0.3, -0.25) is 0 Å². The largest absolute Gasteiger partial charge is 0.399 e. The molecule has 4 fully saturated rings. The zero-order valence-corrected chi connectivity index (χ0v) is 11.5. The number of nitrogen functional groups attached to an aromatic ring is 1. The lowest BCUT2D eigenvalue weighted by Gasteiger charge is -2.54. The quantitative estimate of drug-likeness (QED) is 0.815. The van der Waals surface area contributed by atoms with Crippen molar-refractivity contribution < 1.29 is 0 Å². The summed E-state index contributed by atoms with van der Waals surface area (Å²) in [4.78, 5) is 0. The molecule has 0 saturated heterocycles. The molecule has 0 amide bonds. The number of nitrogens with two attached hydrogens (primary N) is 1. The molecule has 2 nitrogen and oxygen atoms in total. The zero-order valence-electron chi connectivity index (χ0n) is 11.5. The molecule has 4 aliphatic carbocycles. The third-order valence-corrected chi connectivity index (χ3v) is 5.72. The molecule has 0 spiro atoms. The van der Waals surface area contributed by atoms with E-state index in [1.165, 1.54) is 37.7 Å². The number of hydrogen-bond acceptors (Lipinski definition) is 2. The van der Waals surface area contributed by atoms with E-state index in [2.05, 4.69) is 23.5 Å². The van der Waals surface area contributed by atoms with Gasteiger partial charge in [0.15, 0.2) is 0 Å². The first kappa shape index (κ1) is 11.8. The van der Waals surface area contributed by atoms with E-state index in [1.54, 1.807) is 0 Å². The molecule has 3 N–H and O–H groups in total. The van der Waals surface area contributed by atoms with Crippen molar-refractivity contribution in [2.75, 3.05) is 5.73 Å². The molecular formula is C17H24N2. The van der Waals surface area contributed by atoms with Gasteiger partial charge in [0, 0.05) is 18.3 Å². The number of benzene rings is 1. The standard InChI is InChI=1S/C17H24N2/c18-16-3-1-2-11(9-16)10-19-17-14-5-12-4-13(7-14)8-15(17)6-12/h1-3,9,12-15,17,19H,4-8,10,18H2. The van der Waals surface area contributed by atoms with Gasteiger partial charge in [-0.1, -0.05) is 12.1 Å². The van der Waals surface area contributed by atoms with Crippen LogP contribution in [0.3, 0.4) is 0 Å². The fourth-order valence-corrected chi connectivity index (χ4v) is 5.20. The summed E-state index contributed by atoms with van der Waals surface area (Å²) >= 11 is 0. The summed E-state index contributed by atoms with van der Waals surface area (Å²) in [6.07, 6.45) is 7.49. The number of anilines is 1. The Bertz CT molecular complexity index is 440. The predicted octanol–water partition coefficient (Wildman–Crippen LogP) is 3.18. The van der Waals surface area contributed by atoms with E-state index in [1.807, 2.05) is 6.07 Å². The summed E-state index contributed by atoms with van der Waals surface area (Å²) in [6, 6.07) is 9.08. The van der Waals surface area contributed by atoms with Crippen molar-refractivity contribution in [1.82, 2.24) is 5.32 Å². The second-order valence-electron chi connectivity index (χ2n) is 7.08. The Morgan fingerprint density at radius 2 is 1.68 bits per heavy atom. The minimum atomic E-state index is 0.772. The highest BCUT2D eigenvalue weighted by Crippen LogP contribution is 2.53. The third-order valence-electron chi connectivity index (χ3n) is 5.72. The maximum atomic E-state index is 5.86. The number of hydrogen-bond donors (Lipinski definition) is 2. The minimum absolute atomic E-state index is 0.772. The van der Waals surface area contributed by atoms with Gasteiger partial charge in [0.1, 0.15) is 0 Å². The highest BCUT2D eigenvalue weighted by molar-refractivity contribution is 5.40. The molecule has 1 aromatic carbocycles. The fraction of sp³-hybridized carbons (Fsp3) is 0.647. The van der Waals surface area contributed by atoms with Crippen LogP contribution in [0, 0.1) is 23.7 Å². The molecule has 0 aromatic heterocycles. The average Bonchev–Trinajstić information content (AvgIpc) is 2.37. The van der Waals surface area contributed by atoms with Gasteiger partial charge in [0.05, 0.1) is 0 Å². The summed E-state index contributed by atoms with van der Waals surface area (Å²) < 4.78 is 0. The molecule has 0 aliphatic heterocycles. The maximum Gasteiger partial charge on any atom is 0.0317 e. The Morgan fingerprint density at radius 1 is 1.00 bits per heavy atom. The van der Waals surface area contributed by atoms with Gasteiger partial charge in [-0.05, 0) is 73.5 Å². The molecule has 2 heteroatoms. The van der Waals surface area contributed by atoms with Crippen molar-refractivity contribution in [1.29, 1.82) is 0 Å². The van der Waals surface area contributed by atoms with E-state index in [0.717, 1.165) is 41.9 Å². The monoisotopic (exact) mass is 256 g/mol. The van der Waals surface area contributed by atoms with E-state index in [-0.39, 0.29) is 0 Å². The first-order valence-electron chi connectivity index (χ1n) is 7.85. The van der Waals surface area contributed by atoms with Crippen LogP contribution in [-0.2, 0) is 6.54 Å². The molecule has 4 saturated carbocycles. The molecule has 1 aromatic rings. The van der Waals surface area contributed by atoms with Crippen LogP contribution in [0.5, 0.6) is 0 Å². The maximum absolute atomic E-state index is 5.86. The molecule has 0 unspecified atom stereocenters. The third kappa shape index (κ3) is 2.16. The molecule has 0 heterocycles. The lowest BCUT2D eigenvalue weighted by molar-refractivity contribution is -0.0142. The number of rotatable bonds is 3. The summed E-state index contributed by atoms with van der Waals surface area (Å²) in [6.45, 7) is 0.984. The Kier molecular flexibility index (Phi) is 2.80. The van der Waals surface area contributed by atoms with Crippen LogP contribution in [0.4, 0.5) is 5.69 Å². The van der Waals surface area contributed by atoms with Crippen molar-refractivity contribution in [2.24, 2.45) is 23.7 Å². The van der Waals surface area contributed by atoms with Gasteiger partial charge in [0.25, 0.3) is 0 Å². The molecule has 5 rings (SSSR count). The van der Waals surface area contributed by atoms with Crippen LogP contribution in [0.15, 0.2) is 24.3 Å². The molecule has 0 radical (unpaired) electrons.